The van der Waals surface area contributed by atoms with E-state index in [1.807, 2.05) is 16.8 Å². The van der Waals surface area contributed by atoms with Gasteiger partial charge in [-0.15, -0.1) is 0 Å². The van der Waals surface area contributed by atoms with Crippen LogP contribution in [0.1, 0.15) is 10.4 Å². The van der Waals surface area contributed by atoms with Gasteiger partial charge in [0.2, 0.25) is 0 Å². The fourth-order valence-corrected chi connectivity index (χ4v) is 1.93. The number of benzene rings is 1. The Kier molecular flexibility index (Phi) is 2.78. The second-order valence-electron chi connectivity index (χ2n) is 3.25. The average molecular weight is 234 g/mol. The zero-order valence-corrected chi connectivity index (χ0v) is 9.12. The van der Waals surface area contributed by atoms with Crippen molar-refractivity contribution in [3.63, 3.8) is 0 Å². The Morgan fingerprint density at radius 1 is 1.38 bits per heavy atom. The zero-order chi connectivity index (χ0) is 11.5. The first-order valence-corrected chi connectivity index (χ1v) is 5.53. The Balaban J connectivity index is 2.38. The van der Waals surface area contributed by atoms with Crippen molar-refractivity contribution in [2.45, 2.75) is 0 Å². The minimum Gasteiger partial charge on any atom is -0.478 e. The molecule has 0 saturated heterocycles. The van der Waals surface area contributed by atoms with Gasteiger partial charge in [-0.25, -0.2) is 4.79 Å². The van der Waals surface area contributed by atoms with Crippen LogP contribution in [0.4, 0.5) is 17.1 Å². The number of thiophene rings is 1. The number of nitrogen functional groups attached to an aromatic ring is 1. The number of nitrogens with two attached hydrogens (primary N) is 1. The molecule has 0 spiro atoms. The summed E-state index contributed by atoms with van der Waals surface area (Å²) in [4.78, 5) is 11.0. The molecule has 0 aliphatic heterocycles. The third kappa shape index (κ3) is 2.14. The highest BCUT2D eigenvalue weighted by Crippen LogP contribution is 2.24. The summed E-state index contributed by atoms with van der Waals surface area (Å²) in [6.07, 6.45) is 0. The predicted octanol–water partition coefficient (Wildman–Crippen LogP) is 2.77. The lowest BCUT2D eigenvalue weighted by Crippen LogP contribution is -2.03. The Morgan fingerprint density at radius 2 is 2.19 bits per heavy atom. The SMILES string of the molecule is Nc1ccc(C(=O)O)c(Nc2ccsc2)c1. The first kappa shape index (κ1) is 10.5. The van der Waals surface area contributed by atoms with Gasteiger partial charge in [-0.3, -0.25) is 0 Å². The molecular weight excluding hydrogens is 224 g/mol. The lowest BCUT2D eigenvalue weighted by molar-refractivity contribution is 0.0698. The summed E-state index contributed by atoms with van der Waals surface area (Å²) in [6, 6.07) is 6.55. The molecule has 0 radical (unpaired) electrons. The second-order valence-corrected chi connectivity index (χ2v) is 4.03. The van der Waals surface area contributed by atoms with Crippen molar-refractivity contribution in [3.8, 4) is 0 Å². The summed E-state index contributed by atoms with van der Waals surface area (Å²) in [6.45, 7) is 0. The standard InChI is InChI=1S/C11H10N2O2S/c12-7-1-2-9(11(14)15)10(5-7)13-8-3-4-16-6-8/h1-6,13H,12H2,(H,14,15). The van der Waals surface area contributed by atoms with Crippen molar-refractivity contribution in [1.82, 2.24) is 0 Å². The number of carboxylic acid groups (broad SMARTS) is 1. The van der Waals surface area contributed by atoms with Gasteiger partial charge in [0.15, 0.2) is 0 Å². The van der Waals surface area contributed by atoms with Crippen LogP contribution in [0.3, 0.4) is 0 Å². The van der Waals surface area contributed by atoms with E-state index in [2.05, 4.69) is 5.32 Å². The average Bonchev–Trinajstić information content (AvgIpc) is 2.70. The van der Waals surface area contributed by atoms with Crippen molar-refractivity contribution in [2.24, 2.45) is 0 Å². The minimum absolute atomic E-state index is 0.209. The Bertz CT molecular complexity index is 509. The van der Waals surface area contributed by atoms with Crippen LogP contribution < -0.4 is 11.1 Å². The summed E-state index contributed by atoms with van der Waals surface area (Å²) in [5.74, 6) is -0.974. The molecule has 0 atom stereocenters. The van der Waals surface area contributed by atoms with Crippen LogP contribution in [0.15, 0.2) is 35.0 Å². The van der Waals surface area contributed by atoms with Crippen LogP contribution in [-0.2, 0) is 0 Å². The van der Waals surface area contributed by atoms with Crippen molar-refractivity contribution in [2.75, 3.05) is 11.1 Å². The van der Waals surface area contributed by atoms with Gasteiger partial charge in [0.05, 0.1) is 11.3 Å². The number of rotatable bonds is 3. The van der Waals surface area contributed by atoms with Crippen molar-refractivity contribution in [3.05, 3.63) is 40.6 Å². The molecule has 0 unspecified atom stereocenters. The first-order chi connectivity index (χ1) is 7.66. The second kappa shape index (κ2) is 4.24. The highest BCUT2D eigenvalue weighted by atomic mass is 32.1. The number of carboxylic acids is 1. The van der Waals surface area contributed by atoms with Crippen LogP contribution in [0.5, 0.6) is 0 Å². The third-order valence-electron chi connectivity index (χ3n) is 2.07. The van der Waals surface area contributed by atoms with Gasteiger partial charge >= 0.3 is 5.97 Å². The van der Waals surface area contributed by atoms with Gasteiger partial charge < -0.3 is 16.2 Å². The van der Waals surface area contributed by atoms with Gasteiger partial charge in [-0.2, -0.15) is 11.3 Å². The van der Waals surface area contributed by atoms with Crippen LogP contribution >= 0.6 is 11.3 Å². The summed E-state index contributed by atoms with van der Waals surface area (Å²) in [5.41, 5.74) is 7.73. The van der Waals surface area contributed by atoms with Gasteiger partial charge in [-0.1, -0.05) is 0 Å². The molecule has 0 fully saturated rings. The normalized spacial score (nSPS) is 10.0. The van der Waals surface area contributed by atoms with E-state index < -0.39 is 5.97 Å². The molecule has 2 aromatic rings. The topological polar surface area (TPSA) is 75.4 Å². The molecule has 0 saturated carbocycles. The number of hydrogen-bond donors (Lipinski definition) is 3. The van der Waals surface area contributed by atoms with Crippen molar-refractivity contribution < 1.29 is 9.90 Å². The van der Waals surface area contributed by atoms with Crippen LogP contribution in [0.25, 0.3) is 0 Å². The maximum absolute atomic E-state index is 11.0. The summed E-state index contributed by atoms with van der Waals surface area (Å²) in [7, 11) is 0. The van der Waals surface area contributed by atoms with E-state index in [9.17, 15) is 4.79 Å². The Morgan fingerprint density at radius 3 is 2.81 bits per heavy atom. The molecule has 1 heterocycles. The summed E-state index contributed by atoms with van der Waals surface area (Å²) < 4.78 is 0. The van der Waals surface area contributed by atoms with Crippen molar-refractivity contribution >= 4 is 34.4 Å². The lowest BCUT2D eigenvalue weighted by Gasteiger charge is -2.08. The maximum atomic E-state index is 11.0. The molecule has 4 N–H and O–H groups in total. The maximum Gasteiger partial charge on any atom is 0.337 e. The molecule has 0 aliphatic carbocycles. The largest absolute Gasteiger partial charge is 0.478 e. The van der Waals surface area contributed by atoms with Crippen LogP contribution in [0.2, 0.25) is 0 Å². The molecule has 0 bridgehead atoms. The van der Waals surface area contributed by atoms with E-state index in [1.165, 1.54) is 17.4 Å². The van der Waals surface area contributed by atoms with E-state index in [0.29, 0.717) is 11.4 Å². The quantitative estimate of drug-likeness (QED) is 0.714. The van der Waals surface area contributed by atoms with E-state index in [-0.39, 0.29) is 5.56 Å². The molecule has 1 aromatic carbocycles. The molecule has 5 heteroatoms. The molecule has 0 aliphatic rings. The fourth-order valence-electron chi connectivity index (χ4n) is 1.34. The van der Waals surface area contributed by atoms with Crippen LogP contribution in [-0.4, -0.2) is 11.1 Å². The molecule has 4 nitrogen and oxygen atoms in total. The Hall–Kier alpha value is -2.01. The number of nitrogens with one attached hydrogen (secondary N) is 1. The van der Waals surface area contributed by atoms with E-state index in [0.717, 1.165) is 5.69 Å². The van der Waals surface area contributed by atoms with Crippen molar-refractivity contribution in [1.29, 1.82) is 0 Å². The fraction of sp³-hybridized carbons (Fsp3) is 0. The number of aromatic carboxylic acids is 1. The molecule has 2 rings (SSSR count). The molecule has 16 heavy (non-hydrogen) atoms. The van der Waals surface area contributed by atoms with Gasteiger partial charge in [0, 0.05) is 16.8 Å². The smallest absolute Gasteiger partial charge is 0.337 e. The monoisotopic (exact) mass is 234 g/mol. The molecular formula is C11H10N2O2S. The number of carbonyl (C=O) groups is 1. The highest BCUT2D eigenvalue weighted by Gasteiger charge is 2.10. The Labute approximate surface area is 96.3 Å². The van der Waals surface area contributed by atoms with E-state index in [4.69, 9.17) is 10.8 Å². The number of hydrogen-bond acceptors (Lipinski definition) is 4. The zero-order valence-electron chi connectivity index (χ0n) is 8.31. The van der Waals surface area contributed by atoms with Gasteiger partial charge in [0.25, 0.3) is 0 Å². The van der Waals surface area contributed by atoms with E-state index in [1.54, 1.807) is 12.1 Å². The minimum atomic E-state index is -0.974. The highest BCUT2D eigenvalue weighted by molar-refractivity contribution is 7.08. The lowest BCUT2D eigenvalue weighted by atomic mass is 10.1. The van der Waals surface area contributed by atoms with E-state index >= 15 is 0 Å². The number of anilines is 3. The molecule has 82 valence electrons. The summed E-state index contributed by atoms with van der Waals surface area (Å²) in [5, 5.41) is 15.8. The first-order valence-electron chi connectivity index (χ1n) is 4.59. The predicted molar refractivity (Wildman–Crippen MR) is 65.4 cm³/mol. The van der Waals surface area contributed by atoms with Gasteiger partial charge in [0.1, 0.15) is 0 Å². The molecule has 0 amide bonds. The van der Waals surface area contributed by atoms with Gasteiger partial charge in [-0.05, 0) is 29.6 Å². The molecule has 1 aromatic heterocycles. The third-order valence-corrected chi connectivity index (χ3v) is 2.76. The van der Waals surface area contributed by atoms with Crippen LogP contribution in [0, 0.1) is 0 Å². The summed E-state index contributed by atoms with van der Waals surface area (Å²) >= 11 is 1.54.